The lowest BCUT2D eigenvalue weighted by Gasteiger charge is -2.28. The van der Waals surface area contributed by atoms with Crippen LogP contribution in [0.3, 0.4) is 0 Å². The van der Waals surface area contributed by atoms with Crippen molar-refractivity contribution in [2.24, 2.45) is 0 Å². The number of esters is 2. The minimum Gasteiger partial charge on any atom is -0.465 e. The number of methoxy groups -OCH3 is 2. The average molecular weight is 366 g/mol. The summed E-state index contributed by atoms with van der Waals surface area (Å²) in [6, 6.07) is 7.31. The van der Waals surface area contributed by atoms with Gasteiger partial charge >= 0.3 is 18.1 Å². The third kappa shape index (κ3) is 2.29. The van der Waals surface area contributed by atoms with Crippen molar-refractivity contribution in [3.05, 3.63) is 58.7 Å². The summed E-state index contributed by atoms with van der Waals surface area (Å²) >= 11 is 0. The van der Waals surface area contributed by atoms with Gasteiger partial charge in [0.25, 0.3) is 0 Å². The van der Waals surface area contributed by atoms with Crippen LogP contribution in [0.15, 0.2) is 36.4 Å². The van der Waals surface area contributed by atoms with E-state index in [0.29, 0.717) is 0 Å². The molecule has 0 bridgehead atoms. The van der Waals surface area contributed by atoms with Crippen LogP contribution in [0.25, 0.3) is 11.1 Å². The fourth-order valence-corrected chi connectivity index (χ4v) is 3.19. The van der Waals surface area contributed by atoms with Gasteiger partial charge in [0.05, 0.1) is 25.3 Å². The molecule has 0 saturated heterocycles. The van der Waals surface area contributed by atoms with Crippen LogP contribution in [-0.2, 0) is 15.1 Å². The van der Waals surface area contributed by atoms with Crippen LogP contribution < -0.4 is 0 Å². The maximum Gasteiger partial charge on any atom is 0.425 e. The van der Waals surface area contributed by atoms with Gasteiger partial charge in [-0.25, -0.2) is 9.59 Å². The van der Waals surface area contributed by atoms with Crippen LogP contribution >= 0.6 is 0 Å². The highest BCUT2D eigenvalue weighted by Gasteiger charge is 2.61. The fraction of sp³-hybridized carbons (Fsp3) is 0.222. The smallest absolute Gasteiger partial charge is 0.425 e. The van der Waals surface area contributed by atoms with Crippen molar-refractivity contribution >= 4 is 11.9 Å². The SMILES string of the molecule is COC(=O)c1cc(C(=O)OC)c2c(c1)C(O)(C(F)(F)F)c1ccccc1-2. The van der Waals surface area contributed by atoms with E-state index in [0.717, 1.165) is 32.4 Å². The minimum absolute atomic E-state index is 0.0409. The highest BCUT2D eigenvalue weighted by molar-refractivity contribution is 6.04. The van der Waals surface area contributed by atoms with E-state index in [1.54, 1.807) is 0 Å². The maximum absolute atomic E-state index is 13.8. The number of fused-ring (bicyclic) bond motifs is 3. The second-order valence-electron chi connectivity index (χ2n) is 5.68. The third-order valence-electron chi connectivity index (χ3n) is 4.35. The Labute approximate surface area is 146 Å². The first-order valence-electron chi connectivity index (χ1n) is 7.41. The maximum atomic E-state index is 13.8. The number of benzene rings is 2. The zero-order valence-electron chi connectivity index (χ0n) is 13.7. The monoisotopic (exact) mass is 366 g/mol. The first-order valence-corrected chi connectivity index (χ1v) is 7.41. The molecule has 0 aromatic heterocycles. The molecule has 2 aromatic rings. The van der Waals surface area contributed by atoms with Gasteiger partial charge in [-0.15, -0.1) is 0 Å². The van der Waals surface area contributed by atoms with Crippen molar-refractivity contribution in [3.63, 3.8) is 0 Å². The summed E-state index contributed by atoms with van der Waals surface area (Å²) in [4.78, 5) is 24.0. The van der Waals surface area contributed by atoms with Gasteiger partial charge in [0.1, 0.15) is 0 Å². The van der Waals surface area contributed by atoms with Crippen molar-refractivity contribution in [2.75, 3.05) is 14.2 Å². The number of rotatable bonds is 2. The summed E-state index contributed by atoms with van der Waals surface area (Å²) in [5.41, 5.74) is -5.06. The Morgan fingerprint density at radius 2 is 1.62 bits per heavy atom. The van der Waals surface area contributed by atoms with Crippen LogP contribution in [0.4, 0.5) is 13.2 Å². The average Bonchev–Trinajstić information content (AvgIpc) is 2.90. The standard InChI is InChI=1S/C18H13F3O5/c1-25-15(22)9-7-11(16(23)26-2)14-10-5-3-4-6-12(10)17(24,13(14)8-9)18(19,20)21/h3-8,24H,1-2H3. The molecule has 136 valence electrons. The minimum atomic E-state index is -5.09. The molecule has 0 heterocycles. The molecule has 1 N–H and O–H groups in total. The van der Waals surface area contributed by atoms with E-state index in [1.807, 2.05) is 0 Å². The lowest BCUT2D eigenvalue weighted by molar-refractivity contribution is -0.246. The Morgan fingerprint density at radius 3 is 2.19 bits per heavy atom. The van der Waals surface area contributed by atoms with E-state index in [1.165, 1.54) is 18.2 Å². The second-order valence-corrected chi connectivity index (χ2v) is 5.68. The number of carbonyl (C=O) groups excluding carboxylic acids is 2. The first kappa shape index (κ1) is 17.9. The molecule has 26 heavy (non-hydrogen) atoms. The van der Waals surface area contributed by atoms with Gasteiger partial charge < -0.3 is 14.6 Å². The van der Waals surface area contributed by atoms with Gasteiger partial charge in [-0.05, 0) is 17.7 Å². The van der Waals surface area contributed by atoms with Crippen molar-refractivity contribution in [1.82, 2.24) is 0 Å². The summed E-state index contributed by atoms with van der Waals surface area (Å²) in [5.74, 6) is -1.88. The fourth-order valence-electron chi connectivity index (χ4n) is 3.19. The molecule has 0 radical (unpaired) electrons. The number of halogens is 3. The molecule has 0 spiro atoms. The number of ether oxygens (including phenoxy) is 2. The van der Waals surface area contributed by atoms with Crippen molar-refractivity contribution in [3.8, 4) is 11.1 Å². The molecular weight excluding hydrogens is 353 g/mol. The van der Waals surface area contributed by atoms with Crippen molar-refractivity contribution < 1.29 is 37.3 Å². The molecular formula is C18H13F3O5. The molecule has 8 heteroatoms. The Balaban J connectivity index is 2.46. The molecule has 1 atom stereocenters. The molecule has 1 aliphatic carbocycles. The third-order valence-corrected chi connectivity index (χ3v) is 4.35. The molecule has 1 unspecified atom stereocenters. The zero-order valence-corrected chi connectivity index (χ0v) is 13.7. The van der Waals surface area contributed by atoms with Gasteiger partial charge in [-0.3, -0.25) is 0 Å². The summed E-state index contributed by atoms with van der Waals surface area (Å²) in [7, 11) is 2.12. The predicted molar refractivity (Wildman–Crippen MR) is 83.6 cm³/mol. The lowest BCUT2D eigenvalue weighted by atomic mass is 9.89. The van der Waals surface area contributed by atoms with E-state index in [-0.39, 0.29) is 22.3 Å². The van der Waals surface area contributed by atoms with Crippen LogP contribution in [0.2, 0.25) is 0 Å². The topological polar surface area (TPSA) is 72.8 Å². The molecule has 3 rings (SSSR count). The molecule has 0 fully saturated rings. The van der Waals surface area contributed by atoms with Gasteiger partial charge in [0.2, 0.25) is 5.60 Å². The second kappa shape index (κ2) is 5.84. The predicted octanol–water partition coefficient (Wildman–Crippen LogP) is 3.04. The largest absolute Gasteiger partial charge is 0.465 e. The number of hydrogen-bond acceptors (Lipinski definition) is 5. The molecule has 0 aliphatic heterocycles. The molecule has 0 amide bonds. The normalized spacial score (nSPS) is 18.1. The van der Waals surface area contributed by atoms with E-state index >= 15 is 0 Å². The highest BCUT2D eigenvalue weighted by atomic mass is 19.4. The number of aliphatic hydroxyl groups is 1. The quantitative estimate of drug-likeness (QED) is 0.827. The van der Waals surface area contributed by atoms with Gasteiger partial charge in [-0.2, -0.15) is 13.2 Å². The summed E-state index contributed by atoms with van der Waals surface area (Å²) in [6.07, 6.45) is -5.09. The van der Waals surface area contributed by atoms with Gasteiger partial charge in [0, 0.05) is 16.7 Å². The Bertz CT molecular complexity index is 920. The highest BCUT2D eigenvalue weighted by Crippen LogP contribution is 2.56. The summed E-state index contributed by atoms with van der Waals surface area (Å²) in [5, 5.41) is 10.7. The Hall–Kier alpha value is -2.87. The van der Waals surface area contributed by atoms with Crippen LogP contribution in [0.5, 0.6) is 0 Å². The van der Waals surface area contributed by atoms with E-state index in [2.05, 4.69) is 9.47 Å². The molecule has 5 nitrogen and oxygen atoms in total. The van der Waals surface area contributed by atoms with Crippen LogP contribution in [0, 0.1) is 0 Å². The number of hydrogen-bond donors (Lipinski definition) is 1. The Morgan fingerprint density at radius 1 is 1.00 bits per heavy atom. The molecule has 1 aliphatic rings. The zero-order chi connectivity index (χ0) is 19.3. The van der Waals surface area contributed by atoms with Gasteiger partial charge in [0.15, 0.2) is 0 Å². The van der Waals surface area contributed by atoms with Crippen molar-refractivity contribution in [1.29, 1.82) is 0 Å². The summed E-state index contributed by atoms with van der Waals surface area (Å²) < 4.78 is 50.7. The summed E-state index contributed by atoms with van der Waals surface area (Å²) in [6.45, 7) is 0. The molecule has 0 saturated carbocycles. The number of carbonyl (C=O) groups is 2. The lowest BCUT2D eigenvalue weighted by Crippen LogP contribution is -2.41. The van der Waals surface area contributed by atoms with E-state index in [4.69, 9.17) is 0 Å². The van der Waals surface area contributed by atoms with E-state index in [9.17, 15) is 27.9 Å². The van der Waals surface area contributed by atoms with Gasteiger partial charge in [-0.1, -0.05) is 24.3 Å². The number of alkyl halides is 3. The van der Waals surface area contributed by atoms with Crippen LogP contribution in [-0.4, -0.2) is 37.4 Å². The van der Waals surface area contributed by atoms with Crippen LogP contribution in [0.1, 0.15) is 31.8 Å². The van der Waals surface area contributed by atoms with E-state index < -0.39 is 34.8 Å². The molecule has 2 aromatic carbocycles. The Kier molecular flexibility index (Phi) is 4.03. The van der Waals surface area contributed by atoms with Crippen molar-refractivity contribution in [2.45, 2.75) is 11.8 Å². The first-order chi connectivity index (χ1) is 12.2.